The first kappa shape index (κ1) is 14.1. The predicted octanol–water partition coefficient (Wildman–Crippen LogP) is 1.76. The zero-order valence-electron chi connectivity index (χ0n) is 13.0. The van der Waals surface area contributed by atoms with Crippen molar-refractivity contribution in [2.75, 3.05) is 40.3 Å². The lowest BCUT2D eigenvalue weighted by atomic mass is 9.94. The Labute approximate surface area is 123 Å². The number of likely N-dealkylation sites (tertiary alicyclic amines) is 1. The molecule has 3 unspecified atom stereocenters. The third-order valence-electron chi connectivity index (χ3n) is 4.97. The van der Waals surface area contributed by atoms with Gasteiger partial charge in [-0.3, -0.25) is 4.90 Å². The number of rotatable bonds is 3. The monoisotopic (exact) mass is 273 g/mol. The minimum atomic E-state index is 0.507. The van der Waals surface area contributed by atoms with Gasteiger partial charge in [-0.05, 0) is 44.1 Å². The van der Waals surface area contributed by atoms with Crippen molar-refractivity contribution in [1.82, 2.24) is 15.1 Å². The summed E-state index contributed by atoms with van der Waals surface area (Å²) in [6, 6.07) is 10.1. The van der Waals surface area contributed by atoms with Crippen molar-refractivity contribution in [3.05, 3.63) is 35.4 Å². The van der Waals surface area contributed by atoms with E-state index >= 15 is 0 Å². The zero-order chi connectivity index (χ0) is 14.1. The van der Waals surface area contributed by atoms with E-state index in [9.17, 15) is 0 Å². The summed E-state index contributed by atoms with van der Waals surface area (Å²) in [7, 11) is 4.41. The molecule has 0 aliphatic carbocycles. The van der Waals surface area contributed by atoms with Gasteiger partial charge in [0, 0.05) is 31.7 Å². The number of hydrogen-bond donors (Lipinski definition) is 1. The van der Waals surface area contributed by atoms with E-state index in [0.29, 0.717) is 12.1 Å². The van der Waals surface area contributed by atoms with Gasteiger partial charge in [-0.1, -0.05) is 31.2 Å². The van der Waals surface area contributed by atoms with Crippen molar-refractivity contribution in [2.45, 2.75) is 25.4 Å². The largest absolute Gasteiger partial charge is 0.309 e. The molecule has 0 spiro atoms. The number of benzene rings is 1. The van der Waals surface area contributed by atoms with E-state index in [1.54, 1.807) is 0 Å². The van der Waals surface area contributed by atoms with Crippen LogP contribution in [0.1, 0.15) is 24.1 Å². The maximum atomic E-state index is 3.71. The molecule has 3 nitrogen and oxygen atoms in total. The molecule has 3 heteroatoms. The SMILES string of the molecule is CC1CN(CC2NCCc3ccccc32)CC1N(C)C. The normalized spacial score (nSPS) is 30.7. The first-order valence-electron chi connectivity index (χ1n) is 7.85. The lowest BCUT2D eigenvalue weighted by Crippen LogP contribution is -2.39. The van der Waals surface area contributed by atoms with Crippen molar-refractivity contribution >= 4 is 0 Å². The summed E-state index contributed by atoms with van der Waals surface area (Å²) in [5.41, 5.74) is 3.05. The first-order chi connectivity index (χ1) is 9.65. The Bertz CT molecular complexity index is 457. The van der Waals surface area contributed by atoms with Gasteiger partial charge in [-0.25, -0.2) is 0 Å². The van der Waals surface area contributed by atoms with Gasteiger partial charge in [0.2, 0.25) is 0 Å². The quantitative estimate of drug-likeness (QED) is 0.905. The van der Waals surface area contributed by atoms with E-state index in [-0.39, 0.29) is 0 Å². The van der Waals surface area contributed by atoms with E-state index in [1.165, 1.54) is 30.6 Å². The van der Waals surface area contributed by atoms with Crippen molar-refractivity contribution in [2.24, 2.45) is 5.92 Å². The van der Waals surface area contributed by atoms with Crippen LogP contribution < -0.4 is 5.32 Å². The second kappa shape index (κ2) is 5.84. The smallest absolute Gasteiger partial charge is 0.0452 e. The number of fused-ring (bicyclic) bond motifs is 1. The molecule has 1 aromatic carbocycles. The summed E-state index contributed by atoms with van der Waals surface area (Å²) in [6.45, 7) is 7.07. The highest BCUT2D eigenvalue weighted by atomic mass is 15.2. The Morgan fingerprint density at radius 3 is 2.80 bits per heavy atom. The van der Waals surface area contributed by atoms with Crippen molar-refractivity contribution < 1.29 is 0 Å². The summed E-state index contributed by atoms with van der Waals surface area (Å²) in [5.74, 6) is 0.767. The highest BCUT2D eigenvalue weighted by Gasteiger charge is 2.32. The average Bonchev–Trinajstić information content (AvgIpc) is 2.80. The van der Waals surface area contributed by atoms with Gasteiger partial charge in [0.1, 0.15) is 0 Å². The average molecular weight is 273 g/mol. The molecule has 1 fully saturated rings. The molecule has 110 valence electrons. The summed E-state index contributed by atoms with van der Waals surface area (Å²) < 4.78 is 0. The van der Waals surface area contributed by atoms with E-state index in [4.69, 9.17) is 0 Å². The fraction of sp³-hybridized carbons (Fsp3) is 0.647. The Morgan fingerprint density at radius 1 is 1.25 bits per heavy atom. The van der Waals surface area contributed by atoms with Crippen molar-refractivity contribution in [1.29, 1.82) is 0 Å². The van der Waals surface area contributed by atoms with Crippen LogP contribution in [0.15, 0.2) is 24.3 Å². The Hall–Kier alpha value is -0.900. The van der Waals surface area contributed by atoms with Gasteiger partial charge < -0.3 is 10.2 Å². The third kappa shape index (κ3) is 2.76. The number of likely N-dealkylation sites (N-methyl/N-ethyl adjacent to an activating group) is 1. The molecule has 1 aromatic rings. The molecule has 0 amide bonds. The number of nitrogens with one attached hydrogen (secondary N) is 1. The summed E-state index contributed by atoms with van der Waals surface area (Å²) in [6.07, 6.45) is 1.17. The molecule has 3 atom stereocenters. The minimum absolute atomic E-state index is 0.507. The van der Waals surface area contributed by atoms with Crippen LogP contribution in [-0.4, -0.2) is 56.1 Å². The molecule has 2 aliphatic rings. The lowest BCUT2D eigenvalue weighted by molar-refractivity contribution is 0.241. The Kier molecular flexibility index (Phi) is 4.11. The molecule has 0 bridgehead atoms. The molecule has 3 rings (SSSR count). The highest BCUT2D eigenvalue weighted by molar-refractivity contribution is 5.32. The number of hydrogen-bond acceptors (Lipinski definition) is 3. The fourth-order valence-electron chi connectivity index (χ4n) is 3.88. The van der Waals surface area contributed by atoms with Gasteiger partial charge in [-0.2, -0.15) is 0 Å². The van der Waals surface area contributed by atoms with Crippen LogP contribution in [0, 0.1) is 5.92 Å². The molecule has 20 heavy (non-hydrogen) atoms. The van der Waals surface area contributed by atoms with Crippen LogP contribution in [0.4, 0.5) is 0 Å². The molecule has 1 N–H and O–H groups in total. The van der Waals surface area contributed by atoms with Crippen LogP contribution in [0.5, 0.6) is 0 Å². The van der Waals surface area contributed by atoms with Crippen LogP contribution >= 0.6 is 0 Å². The van der Waals surface area contributed by atoms with Crippen molar-refractivity contribution in [3.8, 4) is 0 Å². The maximum absolute atomic E-state index is 3.71. The van der Waals surface area contributed by atoms with Gasteiger partial charge in [0.05, 0.1) is 0 Å². The predicted molar refractivity (Wildman–Crippen MR) is 84.0 cm³/mol. The van der Waals surface area contributed by atoms with Gasteiger partial charge in [-0.15, -0.1) is 0 Å². The fourth-order valence-corrected chi connectivity index (χ4v) is 3.88. The topological polar surface area (TPSA) is 18.5 Å². The van der Waals surface area contributed by atoms with Gasteiger partial charge >= 0.3 is 0 Å². The minimum Gasteiger partial charge on any atom is -0.309 e. The molecule has 0 aromatic heterocycles. The Balaban J connectivity index is 1.68. The second-order valence-corrected chi connectivity index (χ2v) is 6.68. The molecule has 1 saturated heterocycles. The van der Waals surface area contributed by atoms with Crippen LogP contribution in [0.3, 0.4) is 0 Å². The second-order valence-electron chi connectivity index (χ2n) is 6.68. The zero-order valence-corrected chi connectivity index (χ0v) is 13.0. The van der Waals surface area contributed by atoms with E-state index < -0.39 is 0 Å². The third-order valence-corrected chi connectivity index (χ3v) is 4.97. The molecule has 0 saturated carbocycles. The molecule has 2 heterocycles. The summed E-state index contributed by atoms with van der Waals surface area (Å²) in [5, 5.41) is 3.71. The highest BCUT2D eigenvalue weighted by Crippen LogP contribution is 2.26. The van der Waals surface area contributed by atoms with E-state index in [0.717, 1.165) is 19.0 Å². The Morgan fingerprint density at radius 2 is 2.05 bits per heavy atom. The summed E-state index contributed by atoms with van der Waals surface area (Å²) >= 11 is 0. The number of nitrogens with zero attached hydrogens (tertiary/aromatic N) is 2. The molecule has 2 aliphatic heterocycles. The molecule has 0 radical (unpaired) electrons. The molecular weight excluding hydrogens is 246 g/mol. The maximum Gasteiger partial charge on any atom is 0.0452 e. The van der Waals surface area contributed by atoms with Gasteiger partial charge in [0.15, 0.2) is 0 Å². The van der Waals surface area contributed by atoms with E-state index in [1.807, 2.05) is 0 Å². The van der Waals surface area contributed by atoms with Crippen LogP contribution in [0.25, 0.3) is 0 Å². The van der Waals surface area contributed by atoms with E-state index in [2.05, 4.69) is 60.4 Å². The van der Waals surface area contributed by atoms with Crippen molar-refractivity contribution in [3.63, 3.8) is 0 Å². The van der Waals surface area contributed by atoms with Crippen LogP contribution in [-0.2, 0) is 6.42 Å². The molecular formula is C17H27N3. The lowest BCUT2D eigenvalue weighted by Gasteiger charge is -2.30. The van der Waals surface area contributed by atoms with Crippen LogP contribution in [0.2, 0.25) is 0 Å². The van der Waals surface area contributed by atoms with Gasteiger partial charge in [0.25, 0.3) is 0 Å². The first-order valence-corrected chi connectivity index (χ1v) is 7.85. The summed E-state index contributed by atoms with van der Waals surface area (Å²) in [4.78, 5) is 5.02. The standard InChI is InChI=1S/C17H27N3/c1-13-10-20(12-17(13)19(2)3)11-16-15-7-5-4-6-14(15)8-9-18-16/h4-7,13,16-18H,8-12H2,1-3H3.